The van der Waals surface area contributed by atoms with Crippen LogP contribution in [0.5, 0.6) is 5.88 Å². The van der Waals surface area contributed by atoms with Crippen molar-refractivity contribution in [1.29, 1.82) is 0 Å². The number of nitrogens with zero attached hydrogens (tertiary/aromatic N) is 3. The molecule has 0 fully saturated rings. The Hall–Kier alpha value is -3.64. The Labute approximate surface area is 207 Å². The summed E-state index contributed by atoms with van der Waals surface area (Å²) in [5.41, 5.74) is 1.63. The van der Waals surface area contributed by atoms with Crippen LogP contribution in [-0.2, 0) is 22.6 Å². The molecule has 2 aromatic heterocycles. The molecule has 2 N–H and O–H groups in total. The number of halogens is 2. The first-order valence-electron chi connectivity index (χ1n) is 11.2. The van der Waals surface area contributed by atoms with Gasteiger partial charge in [0.15, 0.2) is 0 Å². The molecule has 2 amide bonds. The van der Waals surface area contributed by atoms with Crippen LogP contribution < -0.4 is 10.5 Å². The van der Waals surface area contributed by atoms with Gasteiger partial charge >= 0.3 is 0 Å². The number of hydrogen-bond acceptors (Lipinski definition) is 7. The maximum atomic E-state index is 14.8. The highest BCUT2D eigenvalue weighted by molar-refractivity contribution is 6.88. The number of methoxy groups -OCH3 is 1. The van der Waals surface area contributed by atoms with Gasteiger partial charge in [0, 0.05) is 42.2 Å². The number of aromatic hydroxyl groups is 1. The van der Waals surface area contributed by atoms with E-state index < -0.39 is 43.4 Å². The summed E-state index contributed by atoms with van der Waals surface area (Å²) in [5.74, 6) is -3.56. The van der Waals surface area contributed by atoms with Crippen molar-refractivity contribution in [1.82, 2.24) is 15.0 Å². The third kappa shape index (κ3) is 5.00. The van der Waals surface area contributed by atoms with Gasteiger partial charge in [-0.2, -0.15) is 0 Å². The molecular formula is C24H26F2N4O5Si. The Morgan fingerprint density at radius 1 is 1.22 bits per heavy atom. The second kappa shape index (κ2) is 9.78. The summed E-state index contributed by atoms with van der Waals surface area (Å²) in [6.45, 7) is 5.84. The highest BCUT2D eigenvalue weighted by Gasteiger charge is 2.39. The van der Waals surface area contributed by atoms with E-state index in [0.717, 1.165) is 18.2 Å². The van der Waals surface area contributed by atoms with Crippen LogP contribution in [0.25, 0.3) is 0 Å². The smallest absolute Gasteiger partial charge is 0.293 e. The van der Waals surface area contributed by atoms with Crippen molar-refractivity contribution in [2.75, 3.05) is 19.0 Å². The Morgan fingerprint density at radius 2 is 1.92 bits per heavy atom. The monoisotopic (exact) mass is 516 g/mol. The van der Waals surface area contributed by atoms with E-state index in [1.807, 2.05) is 19.6 Å². The molecule has 0 saturated carbocycles. The lowest BCUT2D eigenvalue weighted by molar-refractivity contribution is -0.121. The minimum Gasteiger partial charge on any atom is -0.491 e. The van der Waals surface area contributed by atoms with Gasteiger partial charge in [0.05, 0.1) is 26.4 Å². The predicted octanol–water partition coefficient (Wildman–Crippen LogP) is 3.12. The molecule has 0 spiro atoms. The molecule has 1 aliphatic heterocycles. The molecular weight excluding hydrogens is 490 g/mol. The lowest BCUT2D eigenvalue weighted by Gasteiger charge is -2.35. The number of carbonyl (C=O) groups is 2. The van der Waals surface area contributed by atoms with Gasteiger partial charge in [-0.1, -0.05) is 25.7 Å². The van der Waals surface area contributed by atoms with E-state index >= 15 is 0 Å². The fourth-order valence-electron chi connectivity index (χ4n) is 4.34. The highest BCUT2D eigenvalue weighted by atomic mass is 28.3. The fraction of sp³-hybridized carbons (Fsp3) is 0.333. The second-order valence-electron chi connectivity index (χ2n) is 9.53. The van der Waals surface area contributed by atoms with Gasteiger partial charge < -0.3 is 24.6 Å². The SMILES string of the molecule is COCc1ccc2c(n1)CCN(C(=O)c1cc(O)no1)[C@H]2C(=O)Nc1cc(F)c([Si](C)(C)C)c(F)c1. The minimum atomic E-state index is -2.31. The molecule has 3 aromatic rings. The van der Waals surface area contributed by atoms with Gasteiger partial charge in [0.2, 0.25) is 5.76 Å². The maximum absolute atomic E-state index is 14.8. The first-order chi connectivity index (χ1) is 17.0. The summed E-state index contributed by atoms with van der Waals surface area (Å²) in [6.07, 6.45) is 0.344. The standard InChI is InChI=1S/C24H26F2N4O5Si/c1-34-12-13-5-6-15-18(27-13)7-8-30(24(33)19-11-20(31)29-35-19)21(15)23(32)28-14-9-16(25)22(17(26)10-14)36(2,3)4/h5-6,9-11,21H,7-8,12H2,1-4H3,(H,28,32)(H,29,31)/t21-/m1/s1. The van der Waals surface area contributed by atoms with Crippen LogP contribution in [0.15, 0.2) is 34.9 Å². The number of anilines is 1. The number of nitrogens with one attached hydrogen (secondary N) is 1. The van der Waals surface area contributed by atoms with Crippen molar-refractivity contribution < 1.29 is 32.7 Å². The molecule has 9 nitrogen and oxygen atoms in total. The average molecular weight is 517 g/mol. The number of pyridine rings is 1. The van der Waals surface area contributed by atoms with Gasteiger partial charge in [-0.05, 0) is 23.4 Å². The molecule has 4 rings (SSSR count). The predicted molar refractivity (Wildman–Crippen MR) is 129 cm³/mol. The van der Waals surface area contributed by atoms with Crippen molar-refractivity contribution in [3.05, 3.63) is 64.7 Å². The number of rotatable bonds is 6. The third-order valence-corrected chi connectivity index (χ3v) is 7.81. The first kappa shape index (κ1) is 25.4. The quantitative estimate of drug-likeness (QED) is 0.484. The summed E-state index contributed by atoms with van der Waals surface area (Å²) >= 11 is 0. The van der Waals surface area contributed by atoms with Crippen LogP contribution >= 0.6 is 0 Å². The molecule has 36 heavy (non-hydrogen) atoms. The second-order valence-corrected chi connectivity index (χ2v) is 14.5. The van der Waals surface area contributed by atoms with E-state index in [4.69, 9.17) is 9.26 Å². The zero-order chi connectivity index (χ0) is 26.2. The molecule has 190 valence electrons. The molecule has 0 bridgehead atoms. The minimum absolute atomic E-state index is 0.0420. The van der Waals surface area contributed by atoms with Crippen LogP contribution in [0.2, 0.25) is 19.6 Å². The summed E-state index contributed by atoms with van der Waals surface area (Å²) in [6, 6.07) is 5.39. The fourth-order valence-corrected chi connectivity index (χ4v) is 5.92. The number of hydrogen-bond donors (Lipinski definition) is 2. The number of ether oxygens (including phenoxy) is 1. The van der Waals surface area contributed by atoms with Crippen LogP contribution in [0.3, 0.4) is 0 Å². The van der Waals surface area contributed by atoms with E-state index in [-0.39, 0.29) is 29.8 Å². The van der Waals surface area contributed by atoms with Gasteiger partial charge in [-0.15, -0.1) is 0 Å². The van der Waals surface area contributed by atoms with Gasteiger partial charge in [0.25, 0.3) is 17.7 Å². The van der Waals surface area contributed by atoms with E-state index in [9.17, 15) is 23.5 Å². The van der Waals surface area contributed by atoms with Crippen molar-refractivity contribution in [2.45, 2.75) is 38.7 Å². The lowest BCUT2D eigenvalue weighted by atomic mass is 9.95. The zero-order valence-electron chi connectivity index (χ0n) is 20.3. The Balaban J connectivity index is 1.71. The van der Waals surface area contributed by atoms with Gasteiger partial charge in [-0.25, -0.2) is 8.78 Å². The van der Waals surface area contributed by atoms with E-state index in [2.05, 4.69) is 15.5 Å². The summed E-state index contributed by atoms with van der Waals surface area (Å²) in [5, 5.41) is 15.4. The number of aromatic nitrogens is 2. The topological polar surface area (TPSA) is 118 Å². The molecule has 0 unspecified atom stereocenters. The normalized spacial score (nSPS) is 15.5. The van der Waals surface area contributed by atoms with Crippen LogP contribution in [0.1, 0.15) is 33.5 Å². The van der Waals surface area contributed by atoms with E-state index in [0.29, 0.717) is 23.4 Å². The van der Waals surface area contributed by atoms with E-state index in [1.165, 1.54) is 12.0 Å². The number of fused-ring (bicyclic) bond motifs is 1. The first-order valence-corrected chi connectivity index (χ1v) is 14.7. The van der Waals surface area contributed by atoms with Crippen LogP contribution in [0, 0.1) is 11.6 Å². The summed E-state index contributed by atoms with van der Waals surface area (Å²) in [7, 11) is -0.772. The van der Waals surface area contributed by atoms with Gasteiger partial charge in [-0.3, -0.25) is 14.6 Å². The average Bonchev–Trinajstić information content (AvgIpc) is 3.22. The van der Waals surface area contributed by atoms with E-state index in [1.54, 1.807) is 12.1 Å². The van der Waals surface area contributed by atoms with Crippen molar-refractivity contribution in [3.63, 3.8) is 0 Å². The Kier molecular flexibility index (Phi) is 6.91. The molecule has 1 aliphatic rings. The van der Waals surface area contributed by atoms with Crippen LogP contribution in [0.4, 0.5) is 14.5 Å². The molecule has 0 aliphatic carbocycles. The largest absolute Gasteiger partial charge is 0.491 e. The van der Waals surface area contributed by atoms with Crippen molar-refractivity contribution in [2.24, 2.45) is 0 Å². The number of benzene rings is 1. The molecule has 0 saturated heterocycles. The lowest BCUT2D eigenvalue weighted by Crippen LogP contribution is -2.46. The summed E-state index contributed by atoms with van der Waals surface area (Å²) in [4.78, 5) is 32.5. The van der Waals surface area contributed by atoms with Crippen LogP contribution in [-0.4, -0.2) is 53.7 Å². The molecule has 1 atom stereocenters. The van der Waals surface area contributed by atoms with Crippen molar-refractivity contribution >= 4 is 30.8 Å². The molecule has 1 aromatic carbocycles. The van der Waals surface area contributed by atoms with Crippen molar-refractivity contribution in [3.8, 4) is 5.88 Å². The molecule has 12 heteroatoms. The zero-order valence-corrected chi connectivity index (χ0v) is 21.3. The summed E-state index contributed by atoms with van der Waals surface area (Å²) < 4.78 is 39.6. The Morgan fingerprint density at radius 3 is 2.50 bits per heavy atom. The Bertz CT molecular complexity index is 1300. The molecule has 3 heterocycles. The maximum Gasteiger partial charge on any atom is 0.293 e. The molecule has 0 radical (unpaired) electrons. The number of carbonyl (C=O) groups excluding carboxylic acids is 2. The van der Waals surface area contributed by atoms with Gasteiger partial charge in [0.1, 0.15) is 17.7 Å². The third-order valence-electron chi connectivity index (χ3n) is 5.83. The highest BCUT2D eigenvalue weighted by Crippen LogP contribution is 2.32. The number of amides is 2.